The molecule has 0 heterocycles. The molecular weight excluding hydrogens is 292 g/mol. The van der Waals surface area contributed by atoms with Crippen molar-refractivity contribution in [2.75, 3.05) is 13.2 Å². The van der Waals surface area contributed by atoms with Crippen molar-refractivity contribution in [3.8, 4) is 5.75 Å². The molecule has 1 aromatic rings. The van der Waals surface area contributed by atoms with E-state index >= 15 is 0 Å². The summed E-state index contributed by atoms with van der Waals surface area (Å²) < 4.78 is 5.66. The van der Waals surface area contributed by atoms with E-state index in [1.807, 2.05) is 26.0 Å². The number of hydrogen-bond acceptors (Lipinski definition) is 4. The normalized spacial score (nSPS) is 18.4. The summed E-state index contributed by atoms with van der Waals surface area (Å²) in [6.45, 7) is 4.51. The lowest BCUT2D eigenvalue weighted by Crippen LogP contribution is -2.58. The molecule has 4 N–H and O–H groups in total. The predicted octanol–water partition coefficient (Wildman–Crippen LogP) is 1.82. The van der Waals surface area contributed by atoms with Crippen molar-refractivity contribution in [1.29, 1.82) is 0 Å². The van der Waals surface area contributed by atoms with E-state index in [4.69, 9.17) is 10.5 Å². The van der Waals surface area contributed by atoms with Crippen LogP contribution in [0.15, 0.2) is 18.2 Å². The zero-order valence-corrected chi connectivity index (χ0v) is 14.1. The second-order valence-corrected chi connectivity index (χ2v) is 6.68. The van der Waals surface area contributed by atoms with Crippen molar-refractivity contribution in [3.05, 3.63) is 29.3 Å². The van der Waals surface area contributed by atoms with E-state index < -0.39 is 11.6 Å². The molecule has 0 bridgehead atoms. The van der Waals surface area contributed by atoms with Gasteiger partial charge in [0.05, 0.1) is 5.54 Å². The summed E-state index contributed by atoms with van der Waals surface area (Å²) in [5.41, 5.74) is 7.16. The van der Waals surface area contributed by atoms with E-state index in [1.165, 1.54) is 0 Å². The van der Waals surface area contributed by atoms with E-state index in [2.05, 4.69) is 11.4 Å². The van der Waals surface area contributed by atoms with Crippen molar-refractivity contribution < 1.29 is 14.6 Å². The maximum Gasteiger partial charge on any atom is 0.237 e. The van der Waals surface area contributed by atoms with Crippen LogP contribution in [-0.2, 0) is 4.79 Å². The van der Waals surface area contributed by atoms with Gasteiger partial charge in [-0.15, -0.1) is 0 Å². The van der Waals surface area contributed by atoms with E-state index in [0.29, 0.717) is 6.54 Å². The minimum absolute atomic E-state index is 0.185. The van der Waals surface area contributed by atoms with Crippen molar-refractivity contribution in [2.24, 2.45) is 5.73 Å². The van der Waals surface area contributed by atoms with Crippen molar-refractivity contribution in [1.82, 2.24) is 5.32 Å². The molecule has 1 saturated carbocycles. The zero-order chi connectivity index (χ0) is 16.9. The van der Waals surface area contributed by atoms with Gasteiger partial charge >= 0.3 is 0 Å². The Morgan fingerprint density at radius 1 is 1.26 bits per heavy atom. The number of β-amino-alcohol motifs (C(OH)–C–C–N with tert-alkyl or cyclic N) is 1. The van der Waals surface area contributed by atoms with E-state index in [1.54, 1.807) is 0 Å². The van der Waals surface area contributed by atoms with Gasteiger partial charge in [0.1, 0.15) is 18.5 Å². The Labute approximate surface area is 138 Å². The Balaban J connectivity index is 1.84. The minimum atomic E-state index is -0.686. The summed E-state index contributed by atoms with van der Waals surface area (Å²) in [4.78, 5) is 11.8. The first-order valence-corrected chi connectivity index (χ1v) is 8.35. The second-order valence-electron chi connectivity index (χ2n) is 6.68. The Morgan fingerprint density at radius 2 is 1.87 bits per heavy atom. The SMILES string of the molecule is Cc1cc(C)cc(OCC(O)CNC2(C(N)=O)CCCCC2)c1. The van der Waals surface area contributed by atoms with E-state index in [9.17, 15) is 9.90 Å². The lowest BCUT2D eigenvalue weighted by Gasteiger charge is -2.36. The monoisotopic (exact) mass is 320 g/mol. The number of ether oxygens (including phenoxy) is 1. The quantitative estimate of drug-likeness (QED) is 0.715. The van der Waals surface area contributed by atoms with Crippen molar-refractivity contribution in [2.45, 2.75) is 57.6 Å². The average Bonchev–Trinajstić information content (AvgIpc) is 2.51. The number of carbonyl (C=O) groups is 1. The van der Waals surface area contributed by atoms with Gasteiger partial charge in [-0.3, -0.25) is 4.79 Å². The molecule has 1 atom stereocenters. The maximum absolute atomic E-state index is 11.8. The molecule has 0 radical (unpaired) electrons. The van der Waals surface area contributed by atoms with Gasteiger partial charge < -0.3 is 20.9 Å². The van der Waals surface area contributed by atoms with Crippen LogP contribution >= 0.6 is 0 Å². The molecular formula is C18H28N2O3. The second kappa shape index (κ2) is 7.79. The molecule has 23 heavy (non-hydrogen) atoms. The first kappa shape index (κ1) is 17.8. The van der Waals surface area contributed by atoms with Crippen LogP contribution in [0.2, 0.25) is 0 Å². The van der Waals surface area contributed by atoms with E-state index in [-0.39, 0.29) is 12.5 Å². The number of aryl methyl sites for hydroxylation is 2. The number of amides is 1. The molecule has 0 saturated heterocycles. The molecule has 0 aromatic heterocycles. The smallest absolute Gasteiger partial charge is 0.237 e. The summed E-state index contributed by atoms with van der Waals surface area (Å²) in [6.07, 6.45) is 3.92. The Bertz CT molecular complexity index is 519. The van der Waals surface area contributed by atoms with Crippen molar-refractivity contribution >= 4 is 5.91 Å². The van der Waals surface area contributed by atoms with Gasteiger partial charge in [-0.05, 0) is 49.9 Å². The minimum Gasteiger partial charge on any atom is -0.491 e. The molecule has 0 spiro atoms. The first-order valence-electron chi connectivity index (χ1n) is 8.35. The lowest BCUT2D eigenvalue weighted by molar-refractivity contribution is -0.126. The molecule has 5 heteroatoms. The van der Waals surface area contributed by atoms with Crippen LogP contribution in [0.1, 0.15) is 43.2 Å². The third-order valence-electron chi connectivity index (χ3n) is 4.49. The van der Waals surface area contributed by atoms with Gasteiger partial charge in [-0.25, -0.2) is 0 Å². The number of nitrogens with one attached hydrogen (secondary N) is 1. The predicted molar refractivity (Wildman–Crippen MR) is 90.4 cm³/mol. The van der Waals surface area contributed by atoms with Gasteiger partial charge in [0.15, 0.2) is 0 Å². The number of rotatable bonds is 7. The van der Waals surface area contributed by atoms with Crippen LogP contribution in [0.5, 0.6) is 5.75 Å². The molecule has 1 amide bonds. The van der Waals surface area contributed by atoms with Crippen LogP contribution in [0.3, 0.4) is 0 Å². The highest BCUT2D eigenvalue weighted by molar-refractivity contribution is 5.84. The maximum atomic E-state index is 11.8. The van der Waals surface area contributed by atoms with Gasteiger partial charge in [-0.2, -0.15) is 0 Å². The molecule has 1 fully saturated rings. The summed E-state index contributed by atoms with van der Waals surface area (Å²) in [5.74, 6) is 0.434. The fourth-order valence-corrected chi connectivity index (χ4v) is 3.25. The molecule has 1 unspecified atom stereocenters. The number of aliphatic hydroxyl groups is 1. The van der Waals surface area contributed by atoms with Gasteiger partial charge in [0.25, 0.3) is 0 Å². The van der Waals surface area contributed by atoms with Gasteiger partial charge in [0.2, 0.25) is 5.91 Å². The topological polar surface area (TPSA) is 84.6 Å². The number of benzene rings is 1. The highest BCUT2D eigenvalue weighted by atomic mass is 16.5. The summed E-state index contributed by atoms with van der Waals surface area (Å²) >= 11 is 0. The standard InChI is InChI=1S/C18H28N2O3/c1-13-8-14(2)10-16(9-13)23-12-15(21)11-20-18(17(19)22)6-4-3-5-7-18/h8-10,15,20-21H,3-7,11-12H2,1-2H3,(H2,19,22). The van der Waals surface area contributed by atoms with Gasteiger partial charge in [0, 0.05) is 6.54 Å². The Morgan fingerprint density at radius 3 is 2.43 bits per heavy atom. The highest BCUT2D eigenvalue weighted by Gasteiger charge is 2.37. The summed E-state index contributed by atoms with van der Waals surface area (Å²) in [5, 5.41) is 13.3. The molecule has 1 aromatic carbocycles. The van der Waals surface area contributed by atoms with Crippen LogP contribution in [0.4, 0.5) is 0 Å². The molecule has 2 rings (SSSR count). The first-order chi connectivity index (χ1) is 10.9. The fraction of sp³-hybridized carbons (Fsp3) is 0.611. The van der Waals surface area contributed by atoms with Crippen LogP contribution in [-0.4, -0.2) is 35.8 Å². The largest absolute Gasteiger partial charge is 0.491 e. The number of hydrogen-bond donors (Lipinski definition) is 3. The lowest BCUT2D eigenvalue weighted by atomic mass is 9.81. The molecule has 0 aliphatic heterocycles. The fourth-order valence-electron chi connectivity index (χ4n) is 3.25. The van der Waals surface area contributed by atoms with Crippen LogP contribution in [0.25, 0.3) is 0 Å². The zero-order valence-electron chi connectivity index (χ0n) is 14.1. The molecule has 1 aliphatic carbocycles. The molecule has 5 nitrogen and oxygen atoms in total. The molecule has 1 aliphatic rings. The third kappa shape index (κ3) is 4.94. The Hall–Kier alpha value is -1.59. The average molecular weight is 320 g/mol. The number of aliphatic hydroxyl groups excluding tert-OH is 1. The third-order valence-corrected chi connectivity index (χ3v) is 4.49. The van der Waals surface area contributed by atoms with Crippen LogP contribution in [0, 0.1) is 13.8 Å². The van der Waals surface area contributed by atoms with Crippen molar-refractivity contribution in [3.63, 3.8) is 0 Å². The number of carbonyl (C=O) groups excluding carboxylic acids is 1. The molecule has 128 valence electrons. The summed E-state index contributed by atoms with van der Waals surface area (Å²) in [6, 6.07) is 5.96. The highest BCUT2D eigenvalue weighted by Crippen LogP contribution is 2.27. The number of nitrogens with two attached hydrogens (primary N) is 1. The van der Waals surface area contributed by atoms with Gasteiger partial charge in [-0.1, -0.05) is 25.3 Å². The number of primary amides is 1. The van der Waals surface area contributed by atoms with E-state index in [0.717, 1.165) is 49.0 Å². The van der Waals surface area contributed by atoms with Crippen LogP contribution < -0.4 is 15.8 Å². The Kier molecular flexibility index (Phi) is 6.02. The summed E-state index contributed by atoms with van der Waals surface area (Å²) in [7, 11) is 0.